The van der Waals surface area contributed by atoms with E-state index in [-0.39, 0.29) is 48.5 Å². The molecule has 1 atom stereocenters. The number of amides is 1. The Balaban J connectivity index is 1.80. The van der Waals surface area contributed by atoms with E-state index in [0.717, 1.165) is 12.0 Å². The van der Waals surface area contributed by atoms with Crippen LogP contribution in [0.5, 0.6) is 5.75 Å². The van der Waals surface area contributed by atoms with Gasteiger partial charge in [-0.1, -0.05) is 31.2 Å². The van der Waals surface area contributed by atoms with Crippen LogP contribution in [0.1, 0.15) is 32.3 Å². The smallest absolute Gasteiger partial charge is 0.352 e. The number of rotatable bonds is 8. The number of nitrogens with one attached hydrogen (secondary N) is 1. The van der Waals surface area contributed by atoms with E-state index < -0.39 is 0 Å². The van der Waals surface area contributed by atoms with Crippen LogP contribution in [0.4, 0.5) is 0 Å². The van der Waals surface area contributed by atoms with Crippen molar-refractivity contribution in [1.82, 2.24) is 24.1 Å². The number of carbonyl (C=O) groups is 1. The monoisotopic (exact) mass is 449 g/mol. The van der Waals surface area contributed by atoms with Crippen molar-refractivity contribution in [2.45, 2.75) is 45.8 Å². The lowest BCUT2D eigenvalue weighted by atomic mass is 10.2. The summed E-state index contributed by atoms with van der Waals surface area (Å²) in [5.74, 6) is 0.739. The third kappa shape index (κ3) is 4.39. The Hall–Kier alpha value is -3.88. The van der Waals surface area contributed by atoms with Gasteiger partial charge in [-0.2, -0.15) is 0 Å². The number of aryl methyl sites for hydroxylation is 1. The van der Waals surface area contributed by atoms with Crippen molar-refractivity contribution in [3.05, 3.63) is 74.9 Å². The molecule has 172 valence electrons. The van der Waals surface area contributed by atoms with Gasteiger partial charge in [-0.3, -0.25) is 14.2 Å². The Morgan fingerprint density at radius 1 is 1.15 bits per heavy atom. The van der Waals surface area contributed by atoms with Gasteiger partial charge in [0.1, 0.15) is 5.75 Å². The number of para-hydroxylation sites is 1. The molecule has 9 heteroatoms. The van der Waals surface area contributed by atoms with Crippen LogP contribution < -0.4 is 21.3 Å². The molecule has 0 unspecified atom stereocenters. The zero-order chi connectivity index (χ0) is 23.5. The molecule has 4 rings (SSSR count). The molecule has 0 aliphatic carbocycles. The van der Waals surface area contributed by atoms with Crippen molar-refractivity contribution in [3.63, 3.8) is 0 Å². The fourth-order valence-corrected chi connectivity index (χ4v) is 3.78. The lowest BCUT2D eigenvalue weighted by Crippen LogP contribution is -2.34. The summed E-state index contributed by atoms with van der Waals surface area (Å²) in [6.45, 7) is 4.25. The summed E-state index contributed by atoms with van der Waals surface area (Å²) < 4.78 is 9.43. The molecule has 0 spiro atoms. The van der Waals surface area contributed by atoms with Crippen LogP contribution in [-0.2, 0) is 17.9 Å². The normalized spacial score (nSPS) is 12.2. The number of ether oxygens (including phenoxy) is 1. The number of benzene rings is 2. The minimum Gasteiger partial charge on any atom is -0.497 e. The van der Waals surface area contributed by atoms with Gasteiger partial charge in [0.05, 0.1) is 24.6 Å². The van der Waals surface area contributed by atoms with Gasteiger partial charge >= 0.3 is 5.69 Å². The molecule has 0 fully saturated rings. The van der Waals surface area contributed by atoms with Crippen LogP contribution >= 0.6 is 0 Å². The fraction of sp³-hybridized carbons (Fsp3) is 0.333. The summed E-state index contributed by atoms with van der Waals surface area (Å²) in [5.41, 5.74) is 0.681. The Kier molecular flexibility index (Phi) is 6.30. The number of fused-ring (bicyclic) bond motifs is 3. The summed E-state index contributed by atoms with van der Waals surface area (Å²) in [7, 11) is 1.58. The molecule has 1 amide bonds. The molecule has 0 radical (unpaired) electrons. The number of hydrogen-bond acceptors (Lipinski definition) is 5. The number of carbonyl (C=O) groups excluding carboxylic acids is 1. The van der Waals surface area contributed by atoms with E-state index in [2.05, 4.69) is 10.4 Å². The van der Waals surface area contributed by atoms with Crippen LogP contribution in [0.25, 0.3) is 16.7 Å². The van der Waals surface area contributed by atoms with Gasteiger partial charge in [-0.25, -0.2) is 13.9 Å². The zero-order valence-corrected chi connectivity index (χ0v) is 18.9. The van der Waals surface area contributed by atoms with Crippen molar-refractivity contribution in [3.8, 4) is 5.75 Å². The lowest BCUT2D eigenvalue weighted by molar-refractivity contribution is -0.121. The predicted octanol–water partition coefficient (Wildman–Crippen LogP) is 2.17. The van der Waals surface area contributed by atoms with Gasteiger partial charge < -0.3 is 10.1 Å². The minimum absolute atomic E-state index is 0.0514. The van der Waals surface area contributed by atoms with Gasteiger partial charge in [-0.15, -0.1) is 5.10 Å². The third-order valence-corrected chi connectivity index (χ3v) is 5.73. The average molecular weight is 450 g/mol. The van der Waals surface area contributed by atoms with Gasteiger partial charge in [0.25, 0.3) is 5.56 Å². The zero-order valence-electron chi connectivity index (χ0n) is 18.9. The van der Waals surface area contributed by atoms with Crippen LogP contribution in [0.15, 0.2) is 58.1 Å². The highest BCUT2D eigenvalue weighted by Gasteiger charge is 2.18. The summed E-state index contributed by atoms with van der Waals surface area (Å²) >= 11 is 0. The highest BCUT2D eigenvalue weighted by molar-refractivity contribution is 5.80. The number of nitrogens with zero attached hydrogens (tertiary/aromatic N) is 4. The molecular weight excluding hydrogens is 422 g/mol. The van der Waals surface area contributed by atoms with Crippen molar-refractivity contribution in [2.24, 2.45) is 0 Å². The number of hydrogen-bond donors (Lipinski definition) is 1. The van der Waals surface area contributed by atoms with E-state index >= 15 is 0 Å². The van der Waals surface area contributed by atoms with Crippen LogP contribution in [0.2, 0.25) is 0 Å². The Labute approximate surface area is 190 Å². The van der Waals surface area contributed by atoms with E-state index in [4.69, 9.17) is 4.74 Å². The molecule has 0 bridgehead atoms. The second kappa shape index (κ2) is 9.32. The maximum atomic E-state index is 13.3. The van der Waals surface area contributed by atoms with Gasteiger partial charge in [0, 0.05) is 19.0 Å². The molecule has 0 saturated heterocycles. The number of aromatic nitrogens is 4. The van der Waals surface area contributed by atoms with Crippen molar-refractivity contribution in [2.75, 3.05) is 7.11 Å². The standard InChI is InChI=1S/C24H27N5O4/c1-4-16(2)25-21(30)12-13-27-22(31)19-10-5-6-11-20(19)29-23(27)26-28(24(29)32)15-17-8-7-9-18(14-17)33-3/h5-11,14,16H,4,12-13,15H2,1-3H3,(H,25,30)/t16-/m0/s1. The highest BCUT2D eigenvalue weighted by Crippen LogP contribution is 2.14. The first-order valence-electron chi connectivity index (χ1n) is 11.0. The highest BCUT2D eigenvalue weighted by atomic mass is 16.5. The molecule has 9 nitrogen and oxygen atoms in total. The van der Waals surface area contributed by atoms with E-state index in [1.165, 1.54) is 13.6 Å². The summed E-state index contributed by atoms with van der Waals surface area (Å²) in [6, 6.07) is 14.4. The predicted molar refractivity (Wildman–Crippen MR) is 126 cm³/mol. The first-order valence-corrected chi connectivity index (χ1v) is 11.0. The van der Waals surface area contributed by atoms with Gasteiger partial charge in [-0.05, 0) is 43.2 Å². The van der Waals surface area contributed by atoms with Gasteiger partial charge in [0.15, 0.2) is 0 Å². The SMILES string of the molecule is CC[C@H](C)NC(=O)CCn1c(=O)c2ccccc2n2c(=O)n(Cc3cccc(OC)c3)nc12. The summed E-state index contributed by atoms with van der Waals surface area (Å²) in [4.78, 5) is 38.9. The molecule has 0 aliphatic heterocycles. The summed E-state index contributed by atoms with van der Waals surface area (Å²) in [5, 5.41) is 7.79. The molecule has 2 heterocycles. The van der Waals surface area contributed by atoms with Crippen molar-refractivity contribution >= 4 is 22.6 Å². The largest absolute Gasteiger partial charge is 0.497 e. The van der Waals surface area contributed by atoms with Crippen LogP contribution in [-0.4, -0.2) is 37.8 Å². The third-order valence-electron chi connectivity index (χ3n) is 5.73. The average Bonchev–Trinajstić information content (AvgIpc) is 3.14. The molecule has 0 saturated carbocycles. The maximum Gasteiger partial charge on any atom is 0.352 e. The minimum atomic E-state index is -0.359. The van der Waals surface area contributed by atoms with Crippen molar-refractivity contribution in [1.29, 1.82) is 0 Å². The molecular formula is C24H27N5O4. The molecule has 2 aromatic heterocycles. The molecule has 4 aromatic rings. The lowest BCUT2D eigenvalue weighted by Gasteiger charge is -2.12. The Morgan fingerprint density at radius 2 is 1.94 bits per heavy atom. The Morgan fingerprint density at radius 3 is 2.70 bits per heavy atom. The molecule has 33 heavy (non-hydrogen) atoms. The first kappa shape index (κ1) is 22.3. The number of methoxy groups -OCH3 is 1. The molecule has 0 aliphatic rings. The topological polar surface area (TPSA) is 99.6 Å². The van der Waals surface area contributed by atoms with Gasteiger partial charge in [0.2, 0.25) is 11.7 Å². The van der Waals surface area contributed by atoms with E-state index in [1.54, 1.807) is 31.4 Å². The summed E-state index contributed by atoms with van der Waals surface area (Å²) in [6.07, 6.45) is 0.922. The fourth-order valence-electron chi connectivity index (χ4n) is 3.78. The maximum absolute atomic E-state index is 13.3. The van der Waals surface area contributed by atoms with Crippen molar-refractivity contribution < 1.29 is 9.53 Å². The van der Waals surface area contributed by atoms with Crippen LogP contribution in [0.3, 0.4) is 0 Å². The molecule has 2 aromatic carbocycles. The van der Waals surface area contributed by atoms with E-state index in [1.807, 2.05) is 38.1 Å². The second-order valence-corrected chi connectivity index (χ2v) is 8.03. The van der Waals surface area contributed by atoms with Crippen LogP contribution in [0, 0.1) is 0 Å². The Bertz CT molecular complexity index is 1430. The quantitative estimate of drug-likeness (QED) is 0.444. The van der Waals surface area contributed by atoms with E-state index in [9.17, 15) is 14.4 Å². The van der Waals surface area contributed by atoms with E-state index in [0.29, 0.717) is 16.7 Å². The second-order valence-electron chi connectivity index (χ2n) is 8.03. The first-order chi connectivity index (χ1) is 15.9. The molecule has 1 N–H and O–H groups in total.